The fraction of sp³-hybridized carbons (Fsp3) is 0.229. The van der Waals surface area contributed by atoms with Crippen LogP contribution < -0.4 is 27.0 Å². The van der Waals surface area contributed by atoms with Gasteiger partial charge in [-0.15, -0.1) is 0 Å². The maximum atomic E-state index is 14.0. The molecule has 1 unspecified atom stereocenters. The molecule has 0 saturated heterocycles. The molecule has 0 bridgehead atoms. The van der Waals surface area contributed by atoms with Crippen LogP contribution in [0.3, 0.4) is 0 Å². The van der Waals surface area contributed by atoms with E-state index in [9.17, 15) is 14.4 Å². The highest BCUT2D eigenvalue weighted by molar-refractivity contribution is 6.04. The summed E-state index contributed by atoms with van der Waals surface area (Å²) in [5.41, 5.74) is 9.84. The molecule has 4 amide bonds. The number of anilines is 4. The Bertz CT molecular complexity index is 1630. The van der Waals surface area contributed by atoms with E-state index in [0.29, 0.717) is 29.9 Å². The van der Waals surface area contributed by atoms with Gasteiger partial charge in [-0.25, -0.2) is 4.79 Å². The van der Waals surface area contributed by atoms with E-state index in [1.165, 1.54) is 0 Å². The number of rotatable bonds is 7. The van der Waals surface area contributed by atoms with Gasteiger partial charge < -0.3 is 27.0 Å². The van der Waals surface area contributed by atoms with Gasteiger partial charge in [0.05, 0.1) is 17.0 Å². The molecule has 0 spiro atoms. The van der Waals surface area contributed by atoms with Crippen molar-refractivity contribution in [3.63, 3.8) is 0 Å². The summed E-state index contributed by atoms with van der Waals surface area (Å²) < 4.78 is 0. The minimum absolute atomic E-state index is 0.211. The molecule has 8 nitrogen and oxygen atoms in total. The topological polar surface area (TPSA) is 125 Å². The molecule has 43 heavy (non-hydrogen) atoms. The number of urea groups is 1. The van der Waals surface area contributed by atoms with E-state index in [1.54, 1.807) is 32.9 Å². The third-order valence-corrected chi connectivity index (χ3v) is 8.46. The van der Waals surface area contributed by atoms with Crippen LogP contribution in [0.15, 0.2) is 103 Å². The fourth-order valence-electron chi connectivity index (χ4n) is 5.61. The highest BCUT2D eigenvalue weighted by Gasteiger charge is 2.53. The van der Waals surface area contributed by atoms with Crippen molar-refractivity contribution in [3.05, 3.63) is 109 Å². The molecule has 0 fully saturated rings. The molecule has 6 N–H and O–H groups in total. The molecular weight excluding hydrogens is 538 g/mol. The monoisotopic (exact) mass is 575 g/mol. The van der Waals surface area contributed by atoms with Crippen molar-refractivity contribution in [1.29, 1.82) is 0 Å². The normalized spacial score (nSPS) is 16.1. The predicted molar refractivity (Wildman–Crippen MR) is 173 cm³/mol. The third kappa shape index (κ3) is 6.29. The standard InChI is InChI=1S/C35H37N5O3/c1-34(2,36)35(3,28-22-19-24-11-7-9-15-29(24)39-31(28)41)32(42)37-26-20-17-23(18-21-26)27-14-8-10-16-30(27)40-33(43)38-25-12-5-4-6-13-25/h4-18,20-21,28H,19,22,36H2,1-3H3,(H,37,42)(H,39,41)(H2,38,40,43)/t28-,35?/m0/s1. The van der Waals surface area contributed by atoms with Gasteiger partial charge in [-0.1, -0.05) is 66.7 Å². The number of nitrogens with one attached hydrogen (secondary N) is 4. The number of amides is 4. The predicted octanol–water partition coefficient (Wildman–Crippen LogP) is 6.88. The Labute approximate surface area is 252 Å². The summed E-state index contributed by atoms with van der Waals surface area (Å²) >= 11 is 0. The van der Waals surface area contributed by atoms with Crippen LogP contribution in [-0.2, 0) is 16.0 Å². The van der Waals surface area contributed by atoms with Crippen molar-refractivity contribution in [3.8, 4) is 11.1 Å². The maximum absolute atomic E-state index is 14.0. The summed E-state index contributed by atoms with van der Waals surface area (Å²) in [6.07, 6.45) is 1.15. The highest BCUT2D eigenvalue weighted by atomic mass is 16.2. The number of hydrogen-bond acceptors (Lipinski definition) is 4. The van der Waals surface area contributed by atoms with Gasteiger partial charge in [0.2, 0.25) is 11.8 Å². The van der Waals surface area contributed by atoms with Crippen molar-refractivity contribution in [2.75, 3.05) is 21.3 Å². The molecule has 0 aliphatic carbocycles. The van der Waals surface area contributed by atoms with Crippen LogP contribution >= 0.6 is 0 Å². The molecule has 1 aliphatic heterocycles. The number of carbonyl (C=O) groups is 3. The summed E-state index contributed by atoms with van der Waals surface area (Å²) in [6.45, 7) is 5.36. The zero-order chi connectivity index (χ0) is 30.6. The van der Waals surface area contributed by atoms with E-state index < -0.39 is 16.9 Å². The second-order valence-corrected chi connectivity index (χ2v) is 11.7. The summed E-state index contributed by atoms with van der Waals surface area (Å²) in [4.78, 5) is 40.1. The van der Waals surface area contributed by atoms with Crippen LogP contribution in [0.4, 0.5) is 27.5 Å². The second kappa shape index (κ2) is 12.1. The Hall–Kier alpha value is -4.95. The van der Waals surface area contributed by atoms with E-state index in [1.807, 2.05) is 91.0 Å². The second-order valence-electron chi connectivity index (χ2n) is 11.7. The largest absolute Gasteiger partial charge is 0.326 e. The number of carbonyl (C=O) groups excluding carboxylic acids is 3. The van der Waals surface area contributed by atoms with Gasteiger partial charge in [0, 0.05) is 28.2 Å². The molecular formula is C35H37N5O3. The lowest BCUT2D eigenvalue weighted by atomic mass is 9.62. The molecule has 1 aliphatic rings. The van der Waals surface area contributed by atoms with Crippen molar-refractivity contribution in [2.24, 2.45) is 17.1 Å². The van der Waals surface area contributed by atoms with Crippen LogP contribution in [0.5, 0.6) is 0 Å². The summed E-state index contributed by atoms with van der Waals surface area (Å²) in [7, 11) is 0. The molecule has 2 atom stereocenters. The highest BCUT2D eigenvalue weighted by Crippen LogP contribution is 2.43. The Morgan fingerprint density at radius 1 is 0.767 bits per heavy atom. The molecule has 0 aromatic heterocycles. The lowest BCUT2D eigenvalue weighted by molar-refractivity contribution is -0.139. The average Bonchev–Trinajstić information content (AvgIpc) is 3.15. The Kier molecular flexibility index (Phi) is 8.32. The van der Waals surface area contributed by atoms with E-state index in [0.717, 1.165) is 22.4 Å². The van der Waals surface area contributed by atoms with E-state index in [2.05, 4.69) is 21.3 Å². The van der Waals surface area contributed by atoms with E-state index >= 15 is 0 Å². The number of para-hydroxylation sites is 3. The molecule has 0 saturated carbocycles. The van der Waals surface area contributed by atoms with Crippen LogP contribution in [0.2, 0.25) is 0 Å². The lowest BCUT2D eigenvalue weighted by Gasteiger charge is -2.44. The van der Waals surface area contributed by atoms with Gasteiger partial charge in [0.25, 0.3) is 0 Å². The molecule has 4 aromatic carbocycles. The lowest BCUT2D eigenvalue weighted by Crippen LogP contribution is -2.61. The first kappa shape index (κ1) is 29.5. The van der Waals surface area contributed by atoms with Crippen LogP contribution in [-0.4, -0.2) is 23.4 Å². The van der Waals surface area contributed by atoms with E-state index in [-0.39, 0.29) is 17.8 Å². The van der Waals surface area contributed by atoms with E-state index in [4.69, 9.17) is 5.73 Å². The Balaban J connectivity index is 1.33. The number of aryl methyl sites for hydroxylation is 1. The van der Waals surface area contributed by atoms with Gasteiger partial charge in [-0.2, -0.15) is 0 Å². The van der Waals surface area contributed by atoms with Crippen molar-refractivity contribution >= 4 is 40.6 Å². The first-order valence-electron chi connectivity index (χ1n) is 14.4. The zero-order valence-corrected chi connectivity index (χ0v) is 24.6. The number of hydrogen-bond donors (Lipinski definition) is 5. The van der Waals surface area contributed by atoms with Gasteiger partial charge in [-0.3, -0.25) is 9.59 Å². The van der Waals surface area contributed by atoms with Gasteiger partial charge in [0.1, 0.15) is 0 Å². The van der Waals surface area contributed by atoms with Crippen molar-refractivity contribution < 1.29 is 14.4 Å². The molecule has 5 rings (SSSR count). The summed E-state index contributed by atoms with van der Waals surface area (Å²) in [5, 5.41) is 11.8. The summed E-state index contributed by atoms with van der Waals surface area (Å²) in [6, 6.07) is 31.5. The molecule has 1 heterocycles. The summed E-state index contributed by atoms with van der Waals surface area (Å²) in [5.74, 6) is -1.17. The van der Waals surface area contributed by atoms with Crippen molar-refractivity contribution in [2.45, 2.75) is 39.2 Å². The first-order valence-corrected chi connectivity index (χ1v) is 14.4. The molecule has 4 aromatic rings. The maximum Gasteiger partial charge on any atom is 0.323 e. The number of benzene rings is 4. The van der Waals surface area contributed by atoms with Crippen LogP contribution in [0.25, 0.3) is 11.1 Å². The zero-order valence-electron chi connectivity index (χ0n) is 24.6. The van der Waals surface area contributed by atoms with Gasteiger partial charge in [0.15, 0.2) is 0 Å². The Morgan fingerprint density at radius 2 is 1.40 bits per heavy atom. The third-order valence-electron chi connectivity index (χ3n) is 8.46. The molecule has 0 radical (unpaired) electrons. The quantitative estimate of drug-likeness (QED) is 0.165. The minimum Gasteiger partial charge on any atom is -0.326 e. The van der Waals surface area contributed by atoms with Crippen LogP contribution in [0.1, 0.15) is 32.8 Å². The van der Waals surface area contributed by atoms with Gasteiger partial charge in [-0.05, 0) is 81.1 Å². The van der Waals surface area contributed by atoms with Crippen LogP contribution in [0, 0.1) is 11.3 Å². The number of nitrogens with two attached hydrogens (primary N) is 1. The average molecular weight is 576 g/mol. The molecule has 8 heteroatoms. The molecule has 220 valence electrons. The Morgan fingerprint density at radius 3 is 2.12 bits per heavy atom. The van der Waals surface area contributed by atoms with Gasteiger partial charge >= 0.3 is 6.03 Å². The SMILES string of the molecule is CC(C)(N)C(C)(C(=O)Nc1ccc(-c2ccccc2NC(=O)Nc2ccccc2)cc1)[C@H]1CCc2ccccc2NC1=O. The number of fused-ring (bicyclic) bond motifs is 1. The minimum atomic E-state index is -1.21. The smallest absolute Gasteiger partial charge is 0.323 e. The van der Waals surface area contributed by atoms with Crippen molar-refractivity contribution in [1.82, 2.24) is 0 Å². The first-order chi connectivity index (χ1) is 20.6. The fourth-order valence-corrected chi connectivity index (χ4v) is 5.61.